The quantitative estimate of drug-likeness (QED) is 0.822. The molecule has 1 heterocycles. The van der Waals surface area contributed by atoms with Crippen LogP contribution in [0.25, 0.3) is 0 Å². The lowest BCUT2D eigenvalue weighted by Crippen LogP contribution is -2.57. The van der Waals surface area contributed by atoms with Crippen LogP contribution in [0.15, 0.2) is 0 Å². The zero-order valence-electron chi connectivity index (χ0n) is 11.2. The van der Waals surface area contributed by atoms with E-state index in [0.717, 1.165) is 19.6 Å². The first-order chi connectivity index (χ1) is 8.33. The Morgan fingerprint density at radius 3 is 2.56 bits per heavy atom. The van der Waals surface area contributed by atoms with E-state index in [-0.39, 0.29) is 18.5 Å². The van der Waals surface area contributed by atoms with Gasteiger partial charge in [-0.05, 0) is 26.8 Å². The monoisotopic (exact) mass is 267 g/mol. The van der Waals surface area contributed by atoms with Crippen molar-refractivity contribution >= 4 is 0 Å². The normalized spacial score (nSPS) is 25.3. The van der Waals surface area contributed by atoms with Gasteiger partial charge in [-0.1, -0.05) is 0 Å². The molecule has 18 heavy (non-hydrogen) atoms. The second kappa shape index (κ2) is 6.73. The summed E-state index contributed by atoms with van der Waals surface area (Å²) in [5, 5.41) is 0. The fourth-order valence-electron chi connectivity index (χ4n) is 2.58. The second-order valence-corrected chi connectivity index (χ2v) is 5.25. The van der Waals surface area contributed by atoms with Crippen molar-refractivity contribution in [3.8, 4) is 0 Å². The zero-order chi connectivity index (χ0) is 13.8. The van der Waals surface area contributed by atoms with Gasteiger partial charge < -0.3 is 10.6 Å². The van der Waals surface area contributed by atoms with Gasteiger partial charge in [0.1, 0.15) is 0 Å². The van der Waals surface area contributed by atoms with Crippen LogP contribution in [0.5, 0.6) is 0 Å². The summed E-state index contributed by atoms with van der Waals surface area (Å²) in [6.07, 6.45) is -3.93. The molecule has 1 aliphatic rings. The largest absolute Gasteiger partial charge is 0.389 e. The van der Waals surface area contributed by atoms with Crippen molar-refractivity contribution < 1.29 is 13.2 Å². The minimum atomic E-state index is -4.03. The Morgan fingerprint density at radius 1 is 1.33 bits per heavy atom. The highest BCUT2D eigenvalue weighted by atomic mass is 19.4. The number of rotatable bonds is 5. The highest BCUT2D eigenvalue weighted by Crippen LogP contribution is 2.24. The number of likely N-dealkylation sites (N-methyl/N-ethyl adjacent to an activating group) is 1. The number of halogens is 3. The molecule has 0 aromatic rings. The van der Waals surface area contributed by atoms with E-state index in [2.05, 4.69) is 9.80 Å². The topological polar surface area (TPSA) is 32.5 Å². The number of hydrogen-bond donors (Lipinski definition) is 1. The standard InChI is InChI=1S/C12H24F3N3/c1-10(4-3-5-12(13,14)15)18-7-6-17(2)9-11(18)8-16/h10-11H,3-9,16H2,1-2H3. The fourth-order valence-corrected chi connectivity index (χ4v) is 2.58. The van der Waals surface area contributed by atoms with Crippen molar-refractivity contribution in [3.63, 3.8) is 0 Å². The van der Waals surface area contributed by atoms with Crippen molar-refractivity contribution in [1.82, 2.24) is 9.80 Å². The summed E-state index contributed by atoms with van der Waals surface area (Å²) in [6.45, 7) is 5.32. The smallest absolute Gasteiger partial charge is 0.329 e. The molecular formula is C12H24F3N3. The van der Waals surface area contributed by atoms with Gasteiger partial charge in [0.05, 0.1) is 0 Å². The molecule has 1 aliphatic heterocycles. The highest BCUT2D eigenvalue weighted by molar-refractivity contribution is 4.84. The molecule has 0 bridgehead atoms. The molecule has 0 spiro atoms. The van der Waals surface area contributed by atoms with E-state index >= 15 is 0 Å². The van der Waals surface area contributed by atoms with Crippen LogP contribution in [-0.4, -0.2) is 61.3 Å². The molecule has 0 radical (unpaired) electrons. The van der Waals surface area contributed by atoms with Crippen molar-refractivity contribution in [1.29, 1.82) is 0 Å². The maximum atomic E-state index is 12.1. The van der Waals surface area contributed by atoms with Crippen LogP contribution in [-0.2, 0) is 0 Å². The number of nitrogens with two attached hydrogens (primary N) is 1. The molecule has 0 aromatic heterocycles. The lowest BCUT2D eigenvalue weighted by molar-refractivity contribution is -0.136. The zero-order valence-corrected chi connectivity index (χ0v) is 11.2. The predicted molar refractivity (Wildman–Crippen MR) is 66.4 cm³/mol. The molecule has 2 N–H and O–H groups in total. The summed E-state index contributed by atoms with van der Waals surface area (Å²) in [7, 11) is 2.05. The predicted octanol–water partition coefficient (Wildman–Crippen LogP) is 1.68. The first-order valence-electron chi connectivity index (χ1n) is 6.54. The molecule has 6 heteroatoms. The number of alkyl halides is 3. The minimum Gasteiger partial charge on any atom is -0.329 e. The third-order valence-electron chi connectivity index (χ3n) is 3.65. The Morgan fingerprint density at radius 2 is 2.00 bits per heavy atom. The average Bonchev–Trinajstić information content (AvgIpc) is 2.26. The third kappa shape index (κ3) is 5.12. The van der Waals surface area contributed by atoms with Crippen molar-refractivity contribution in [2.24, 2.45) is 5.73 Å². The van der Waals surface area contributed by atoms with Crippen LogP contribution in [0.1, 0.15) is 26.2 Å². The molecule has 0 saturated carbocycles. The Bertz CT molecular complexity index is 245. The van der Waals surface area contributed by atoms with E-state index in [1.165, 1.54) is 0 Å². The number of piperazine rings is 1. The molecule has 2 unspecified atom stereocenters. The third-order valence-corrected chi connectivity index (χ3v) is 3.65. The van der Waals surface area contributed by atoms with Gasteiger partial charge in [0.15, 0.2) is 0 Å². The first kappa shape index (κ1) is 15.7. The van der Waals surface area contributed by atoms with Crippen molar-refractivity contribution in [2.45, 2.75) is 44.4 Å². The number of hydrogen-bond acceptors (Lipinski definition) is 3. The molecule has 2 atom stereocenters. The van der Waals surface area contributed by atoms with Gasteiger partial charge in [0.2, 0.25) is 0 Å². The lowest BCUT2D eigenvalue weighted by Gasteiger charge is -2.43. The molecule has 1 saturated heterocycles. The van der Waals surface area contributed by atoms with Gasteiger partial charge in [-0.2, -0.15) is 13.2 Å². The van der Waals surface area contributed by atoms with E-state index in [1.807, 2.05) is 14.0 Å². The van der Waals surface area contributed by atoms with Gasteiger partial charge >= 0.3 is 6.18 Å². The second-order valence-electron chi connectivity index (χ2n) is 5.25. The molecule has 108 valence electrons. The maximum absolute atomic E-state index is 12.1. The lowest BCUT2D eigenvalue weighted by atomic mass is 10.0. The highest BCUT2D eigenvalue weighted by Gasteiger charge is 2.30. The van der Waals surface area contributed by atoms with E-state index in [0.29, 0.717) is 13.0 Å². The van der Waals surface area contributed by atoms with Gasteiger partial charge in [0.25, 0.3) is 0 Å². The van der Waals surface area contributed by atoms with Crippen LogP contribution in [0.4, 0.5) is 13.2 Å². The van der Waals surface area contributed by atoms with Crippen LogP contribution in [0, 0.1) is 0 Å². The van der Waals surface area contributed by atoms with Gasteiger partial charge in [-0.3, -0.25) is 4.90 Å². The van der Waals surface area contributed by atoms with E-state index in [9.17, 15) is 13.2 Å². The molecule has 0 aromatic carbocycles. The Balaban J connectivity index is 2.37. The Hall–Kier alpha value is -0.330. The van der Waals surface area contributed by atoms with Gasteiger partial charge in [-0.15, -0.1) is 0 Å². The molecular weight excluding hydrogens is 243 g/mol. The van der Waals surface area contributed by atoms with E-state index < -0.39 is 12.6 Å². The molecule has 1 rings (SSSR count). The summed E-state index contributed by atoms with van der Waals surface area (Å²) >= 11 is 0. The number of nitrogens with zero attached hydrogens (tertiary/aromatic N) is 2. The minimum absolute atomic E-state index is 0.176. The van der Waals surface area contributed by atoms with Gasteiger partial charge in [0, 0.05) is 44.7 Å². The fraction of sp³-hybridized carbons (Fsp3) is 1.00. The summed E-state index contributed by atoms with van der Waals surface area (Å²) < 4.78 is 36.3. The maximum Gasteiger partial charge on any atom is 0.389 e. The van der Waals surface area contributed by atoms with Crippen molar-refractivity contribution in [3.05, 3.63) is 0 Å². The summed E-state index contributed by atoms with van der Waals surface area (Å²) in [4.78, 5) is 4.48. The van der Waals surface area contributed by atoms with E-state index in [1.54, 1.807) is 0 Å². The van der Waals surface area contributed by atoms with Crippen LogP contribution < -0.4 is 5.73 Å². The van der Waals surface area contributed by atoms with Crippen LogP contribution >= 0.6 is 0 Å². The molecule has 0 amide bonds. The summed E-state index contributed by atoms with van der Waals surface area (Å²) in [5.41, 5.74) is 5.74. The Labute approximate surface area is 107 Å². The molecule has 3 nitrogen and oxygen atoms in total. The SMILES string of the molecule is CC(CCCC(F)(F)F)N1CCN(C)CC1CN. The first-order valence-corrected chi connectivity index (χ1v) is 6.54. The molecule has 1 fully saturated rings. The van der Waals surface area contributed by atoms with Gasteiger partial charge in [-0.25, -0.2) is 0 Å². The molecule has 0 aliphatic carbocycles. The average molecular weight is 267 g/mol. The van der Waals surface area contributed by atoms with Crippen LogP contribution in [0.2, 0.25) is 0 Å². The van der Waals surface area contributed by atoms with Crippen molar-refractivity contribution in [2.75, 3.05) is 33.2 Å². The Kier molecular flexibility index (Phi) is 5.88. The van der Waals surface area contributed by atoms with Crippen LogP contribution in [0.3, 0.4) is 0 Å². The van der Waals surface area contributed by atoms with E-state index in [4.69, 9.17) is 5.73 Å². The summed E-state index contributed by atoms with van der Waals surface area (Å²) in [5.74, 6) is 0. The summed E-state index contributed by atoms with van der Waals surface area (Å²) in [6, 6.07) is 0.444.